The number of nitriles is 1. The summed E-state index contributed by atoms with van der Waals surface area (Å²) in [6.07, 6.45) is 6.20. The van der Waals surface area contributed by atoms with Crippen molar-refractivity contribution in [1.82, 2.24) is 9.55 Å². The van der Waals surface area contributed by atoms with Gasteiger partial charge in [-0.2, -0.15) is 5.26 Å². The smallest absolute Gasteiger partial charge is 0.261 e. The molecule has 104 valence electrons. The van der Waals surface area contributed by atoms with E-state index in [0.717, 1.165) is 24.3 Å². The molecule has 0 saturated heterocycles. The number of imidazole rings is 1. The summed E-state index contributed by atoms with van der Waals surface area (Å²) >= 11 is 1.11. The molecule has 0 fully saturated rings. The van der Waals surface area contributed by atoms with Crippen LogP contribution in [0.25, 0.3) is 0 Å². The summed E-state index contributed by atoms with van der Waals surface area (Å²) in [4.78, 5) is 15.4. The molecule has 1 amide bonds. The Morgan fingerprint density at radius 2 is 2.40 bits per heavy atom. The van der Waals surface area contributed by atoms with Crippen LogP contribution >= 0.6 is 11.3 Å². The molecular weight excluding hydrogens is 276 g/mol. The number of nitrogens with one attached hydrogen (secondary N) is 1. The number of amides is 1. The van der Waals surface area contributed by atoms with Gasteiger partial charge in [-0.05, 0) is 6.42 Å². The van der Waals surface area contributed by atoms with Crippen molar-refractivity contribution in [3.63, 3.8) is 0 Å². The number of anilines is 2. The van der Waals surface area contributed by atoms with Crippen LogP contribution in [0.4, 0.5) is 10.7 Å². The number of aromatic nitrogens is 2. The first-order valence-electron chi connectivity index (χ1n) is 5.95. The van der Waals surface area contributed by atoms with E-state index in [4.69, 9.17) is 16.7 Å². The zero-order valence-corrected chi connectivity index (χ0v) is 11.5. The Morgan fingerprint density at radius 1 is 1.60 bits per heavy atom. The van der Waals surface area contributed by atoms with E-state index in [9.17, 15) is 4.79 Å². The number of thiophene rings is 1. The molecule has 0 aliphatic heterocycles. The molecule has 2 rings (SSSR count). The predicted octanol–water partition coefficient (Wildman–Crippen LogP) is 1.000. The summed E-state index contributed by atoms with van der Waals surface area (Å²) in [7, 11) is 0. The third-order valence-electron chi connectivity index (χ3n) is 2.72. The molecule has 0 bridgehead atoms. The first kappa shape index (κ1) is 13.9. The molecule has 0 radical (unpaired) electrons. The second-order valence-electron chi connectivity index (χ2n) is 4.11. The average Bonchev–Trinajstić information content (AvgIpc) is 3.02. The maximum Gasteiger partial charge on any atom is 0.261 e. The Morgan fingerprint density at radius 3 is 3.00 bits per heavy atom. The van der Waals surface area contributed by atoms with Gasteiger partial charge in [-0.3, -0.25) is 4.79 Å². The van der Waals surface area contributed by atoms with Gasteiger partial charge in [0.05, 0.1) is 12.0 Å². The van der Waals surface area contributed by atoms with Crippen LogP contribution in [0.3, 0.4) is 0 Å². The fraction of sp³-hybridized carbons (Fsp3) is 0.250. The minimum absolute atomic E-state index is 0.155. The third-order valence-corrected chi connectivity index (χ3v) is 3.90. The van der Waals surface area contributed by atoms with Crippen molar-refractivity contribution in [3.8, 4) is 6.07 Å². The summed E-state index contributed by atoms with van der Waals surface area (Å²) in [5, 5.41) is 12.8. The van der Waals surface area contributed by atoms with Crippen LogP contribution < -0.4 is 16.8 Å². The van der Waals surface area contributed by atoms with Gasteiger partial charge in [-0.1, -0.05) is 0 Å². The normalized spacial score (nSPS) is 10.2. The van der Waals surface area contributed by atoms with Crippen LogP contribution in [0.5, 0.6) is 0 Å². The lowest BCUT2D eigenvalue weighted by Gasteiger charge is -2.05. The third kappa shape index (κ3) is 2.89. The van der Waals surface area contributed by atoms with Crippen molar-refractivity contribution in [3.05, 3.63) is 29.2 Å². The highest BCUT2D eigenvalue weighted by atomic mass is 32.1. The molecule has 0 spiro atoms. The number of carbonyl (C=O) groups is 1. The molecule has 8 heteroatoms. The monoisotopic (exact) mass is 290 g/mol. The van der Waals surface area contributed by atoms with Crippen LogP contribution in [0.15, 0.2) is 18.7 Å². The largest absolute Gasteiger partial charge is 0.396 e. The van der Waals surface area contributed by atoms with Crippen LogP contribution in [-0.4, -0.2) is 22.0 Å². The van der Waals surface area contributed by atoms with Crippen molar-refractivity contribution < 1.29 is 4.79 Å². The summed E-state index contributed by atoms with van der Waals surface area (Å²) in [6.45, 7) is 1.48. The van der Waals surface area contributed by atoms with Crippen LogP contribution in [0.2, 0.25) is 0 Å². The fourth-order valence-corrected chi connectivity index (χ4v) is 2.69. The summed E-state index contributed by atoms with van der Waals surface area (Å²) in [5.41, 5.74) is 11.4. The Labute approximate surface area is 119 Å². The Hall–Kier alpha value is -2.53. The van der Waals surface area contributed by atoms with Gasteiger partial charge >= 0.3 is 0 Å². The van der Waals surface area contributed by atoms with Gasteiger partial charge in [0.25, 0.3) is 5.91 Å². The minimum atomic E-state index is -0.615. The second-order valence-corrected chi connectivity index (χ2v) is 5.13. The van der Waals surface area contributed by atoms with Gasteiger partial charge in [-0.15, -0.1) is 11.3 Å². The minimum Gasteiger partial charge on any atom is -0.396 e. The standard InChI is InChI=1S/C12H14N6OS/c13-6-8-9(14)10(11(15)19)20-12(8)17-2-1-4-18-5-3-16-7-18/h3,5,7,17H,1-2,4,14H2,(H2,15,19). The Balaban J connectivity index is 1.97. The lowest BCUT2D eigenvalue weighted by molar-refractivity contribution is 0.100. The molecule has 2 aromatic rings. The summed E-state index contributed by atoms with van der Waals surface area (Å²) in [5.74, 6) is -0.615. The van der Waals surface area contributed by atoms with E-state index in [0.29, 0.717) is 11.5 Å². The van der Waals surface area contributed by atoms with Gasteiger partial charge in [0, 0.05) is 25.5 Å². The number of aryl methyl sites for hydroxylation is 1. The number of nitrogen functional groups attached to an aromatic ring is 1. The molecule has 0 atom stereocenters. The molecule has 0 saturated carbocycles. The highest BCUT2D eigenvalue weighted by molar-refractivity contribution is 7.18. The predicted molar refractivity (Wildman–Crippen MR) is 77.3 cm³/mol. The number of carbonyl (C=O) groups excluding carboxylic acids is 1. The van der Waals surface area contributed by atoms with E-state index >= 15 is 0 Å². The van der Waals surface area contributed by atoms with E-state index in [1.165, 1.54) is 0 Å². The van der Waals surface area contributed by atoms with E-state index in [2.05, 4.69) is 10.3 Å². The summed E-state index contributed by atoms with van der Waals surface area (Å²) in [6, 6.07) is 1.99. The Kier molecular flexibility index (Phi) is 4.22. The fourth-order valence-electron chi connectivity index (χ4n) is 1.74. The molecule has 0 aromatic carbocycles. The number of primary amides is 1. The molecule has 7 nitrogen and oxygen atoms in total. The molecular formula is C12H14N6OS. The summed E-state index contributed by atoms with van der Waals surface area (Å²) < 4.78 is 1.96. The molecule has 2 heterocycles. The zero-order chi connectivity index (χ0) is 14.5. The van der Waals surface area contributed by atoms with Crippen LogP contribution in [0.1, 0.15) is 21.7 Å². The molecule has 2 aromatic heterocycles. The van der Waals surface area contributed by atoms with E-state index in [1.807, 2.05) is 16.8 Å². The molecule has 0 aliphatic rings. The van der Waals surface area contributed by atoms with Gasteiger partial charge < -0.3 is 21.4 Å². The SMILES string of the molecule is N#Cc1c(NCCCn2ccnc2)sc(C(N)=O)c1N. The second kappa shape index (κ2) is 6.08. The van der Waals surface area contributed by atoms with E-state index in [1.54, 1.807) is 12.5 Å². The van der Waals surface area contributed by atoms with Crippen molar-refractivity contribution in [2.75, 3.05) is 17.6 Å². The van der Waals surface area contributed by atoms with Crippen LogP contribution in [0, 0.1) is 11.3 Å². The van der Waals surface area contributed by atoms with Crippen LogP contribution in [-0.2, 0) is 6.54 Å². The number of hydrogen-bond acceptors (Lipinski definition) is 6. The maximum atomic E-state index is 11.2. The quantitative estimate of drug-likeness (QED) is 0.685. The first-order valence-corrected chi connectivity index (χ1v) is 6.77. The van der Waals surface area contributed by atoms with Gasteiger partial charge in [0.15, 0.2) is 0 Å². The zero-order valence-electron chi connectivity index (χ0n) is 10.7. The maximum absolute atomic E-state index is 11.2. The molecule has 5 N–H and O–H groups in total. The lowest BCUT2D eigenvalue weighted by atomic mass is 10.2. The number of rotatable bonds is 6. The molecule has 20 heavy (non-hydrogen) atoms. The number of hydrogen-bond donors (Lipinski definition) is 3. The van der Waals surface area contributed by atoms with Crippen molar-refractivity contribution >= 4 is 27.9 Å². The average molecular weight is 290 g/mol. The van der Waals surface area contributed by atoms with Crippen molar-refractivity contribution in [1.29, 1.82) is 5.26 Å². The molecule has 0 aliphatic carbocycles. The van der Waals surface area contributed by atoms with E-state index in [-0.39, 0.29) is 16.1 Å². The van der Waals surface area contributed by atoms with Gasteiger partial charge in [-0.25, -0.2) is 4.98 Å². The highest BCUT2D eigenvalue weighted by Crippen LogP contribution is 2.34. The number of nitrogens with two attached hydrogens (primary N) is 2. The Bertz CT molecular complexity index is 640. The molecule has 0 unspecified atom stereocenters. The first-order chi connectivity index (χ1) is 9.63. The lowest BCUT2D eigenvalue weighted by Crippen LogP contribution is -2.10. The van der Waals surface area contributed by atoms with Gasteiger partial charge in [0.2, 0.25) is 0 Å². The van der Waals surface area contributed by atoms with Crippen molar-refractivity contribution in [2.45, 2.75) is 13.0 Å². The van der Waals surface area contributed by atoms with Crippen molar-refractivity contribution in [2.24, 2.45) is 5.73 Å². The van der Waals surface area contributed by atoms with Gasteiger partial charge in [0.1, 0.15) is 21.5 Å². The number of nitrogens with zero attached hydrogens (tertiary/aromatic N) is 3. The van der Waals surface area contributed by atoms with E-state index < -0.39 is 5.91 Å². The highest BCUT2D eigenvalue weighted by Gasteiger charge is 2.18. The topological polar surface area (TPSA) is 123 Å².